The van der Waals surface area contributed by atoms with Gasteiger partial charge in [-0.05, 0) is 79.2 Å². The molecule has 3 aromatic carbocycles. The number of methoxy groups -OCH3 is 3. The van der Waals surface area contributed by atoms with Crippen LogP contribution in [0.25, 0.3) is 10.4 Å². The number of benzene rings is 3. The first-order chi connectivity index (χ1) is 27.6. The Balaban J connectivity index is 1.54. The van der Waals surface area contributed by atoms with Crippen molar-refractivity contribution in [1.29, 1.82) is 0 Å². The molecule has 308 valence electrons. The molecular weight excluding hydrogens is 753 g/mol. The first-order valence-corrected chi connectivity index (χ1v) is 18.4. The number of anilines is 1. The highest BCUT2D eigenvalue weighted by Crippen LogP contribution is 2.43. The van der Waals surface area contributed by atoms with Crippen LogP contribution >= 0.6 is 0 Å². The van der Waals surface area contributed by atoms with Gasteiger partial charge in [0.05, 0.1) is 20.8 Å². The normalized spacial score (nSPS) is 19.7. The lowest BCUT2D eigenvalue weighted by molar-refractivity contribution is -0.252. The lowest BCUT2D eigenvalue weighted by Crippen LogP contribution is -2.53. The summed E-state index contributed by atoms with van der Waals surface area (Å²) < 4.78 is 51.0. The average Bonchev–Trinajstić information content (AvgIpc) is 3.47. The molecule has 1 aliphatic heterocycles. The number of halogens is 1. The van der Waals surface area contributed by atoms with E-state index in [0.29, 0.717) is 11.5 Å². The number of aromatic nitrogens is 2. The van der Waals surface area contributed by atoms with E-state index in [4.69, 9.17) is 28.4 Å². The SMILES string of the molecule is COc1ccc(C(Nc2ccn([C@@H]3O[C@](CN=[N+]=[N-])(OC)[C@@H](OC(=O)[C@@H](NC(=O)OC(C)(C)C)C(C)C)[C@H]3F)c(=O)n2)(c2ccccc2)c2ccc(OC)cc2)cc1. The van der Waals surface area contributed by atoms with E-state index in [0.717, 1.165) is 28.4 Å². The molecule has 16 nitrogen and oxygen atoms in total. The van der Waals surface area contributed by atoms with Gasteiger partial charge in [0.25, 0.3) is 0 Å². The Morgan fingerprint density at radius 1 is 0.948 bits per heavy atom. The Hall–Kier alpha value is -6.16. The van der Waals surface area contributed by atoms with E-state index in [1.54, 1.807) is 48.8 Å². The van der Waals surface area contributed by atoms with Gasteiger partial charge in [0, 0.05) is 18.2 Å². The highest BCUT2D eigenvalue weighted by atomic mass is 19.1. The van der Waals surface area contributed by atoms with Gasteiger partial charge in [-0.1, -0.05) is 73.6 Å². The van der Waals surface area contributed by atoms with Gasteiger partial charge in [-0.15, -0.1) is 0 Å². The summed E-state index contributed by atoms with van der Waals surface area (Å²) in [5, 5.41) is 9.49. The topological polar surface area (TPSA) is 197 Å². The van der Waals surface area contributed by atoms with Crippen LogP contribution < -0.4 is 25.8 Å². The van der Waals surface area contributed by atoms with Crippen molar-refractivity contribution in [2.45, 2.75) is 76.1 Å². The van der Waals surface area contributed by atoms with Crippen LogP contribution in [0.4, 0.5) is 15.0 Å². The minimum absolute atomic E-state index is 0.119. The second-order valence-electron chi connectivity index (χ2n) is 14.8. The maximum Gasteiger partial charge on any atom is 0.408 e. The first kappa shape index (κ1) is 43.0. The molecule has 4 aromatic rings. The van der Waals surface area contributed by atoms with Gasteiger partial charge in [-0.2, -0.15) is 4.98 Å². The van der Waals surface area contributed by atoms with Gasteiger partial charge in [-0.3, -0.25) is 4.57 Å². The number of alkyl halides is 1. The number of esters is 1. The van der Waals surface area contributed by atoms with Crippen LogP contribution in [0.2, 0.25) is 0 Å². The second-order valence-corrected chi connectivity index (χ2v) is 14.8. The van der Waals surface area contributed by atoms with Crippen LogP contribution in [0.1, 0.15) is 57.5 Å². The number of hydrogen-bond acceptors (Lipinski definition) is 12. The zero-order valence-corrected chi connectivity index (χ0v) is 33.5. The summed E-state index contributed by atoms with van der Waals surface area (Å²) in [6.45, 7) is 7.61. The molecule has 5 rings (SSSR count). The summed E-state index contributed by atoms with van der Waals surface area (Å²) in [5.74, 6) is -2.37. The molecule has 1 aromatic heterocycles. The van der Waals surface area contributed by atoms with Crippen LogP contribution in [0.3, 0.4) is 0 Å². The van der Waals surface area contributed by atoms with Crippen LogP contribution in [-0.2, 0) is 29.3 Å². The van der Waals surface area contributed by atoms with E-state index in [1.165, 1.54) is 12.3 Å². The molecule has 1 amide bonds. The van der Waals surface area contributed by atoms with E-state index < -0.39 is 71.7 Å². The Morgan fingerprint density at radius 3 is 2.00 bits per heavy atom. The third-order valence-electron chi connectivity index (χ3n) is 9.52. The number of amides is 1. The molecule has 0 aliphatic carbocycles. The van der Waals surface area contributed by atoms with Crippen LogP contribution in [-0.4, -0.2) is 79.2 Å². The number of carbonyl (C=O) groups excluding carboxylic acids is 2. The van der Waals surface area contributed by atoms with Crippen molar-refractivity contribution >= 4 is 17.9 Å². The van der Waals surface area contributed by atoms with Crippen molar-refractivity contribution in [3.8, 4) is 11.5 Å². The third-order valence-corrected chi connectivity index (χ3v) is 9.52. The Labute approximate surface area is 335 Å². The highest BCUT2D eigenvalue weighted by molar-refractivity contribution is 5.82. The first-order valence-electron chi connectivity index (χ1n) is 18.4. The molecule has 17 heteroatoms. The molecule has 1 saturated heterocycles. The predicted molar refractivity (Wildman–Crippen MR) is 211 cm³/mol. The van der Waals surface area contributed by atoms with Gasteiger partial charge < -0.3 is 39.1 Å². The molecule has 5 atom stereocenters. The molecule has 0 spiro atoms. The number of hydrogen-bond donors (Lipinski definition) is 2. The van der Waals surface area contributed by atoms with E-state index in [1.807, 2.05) is 78.9 Å². The van der Waals surface area contributed by atoms with Crippen molar-refractivity contribution in [2.24, 2.45) is 11.0 Å². The minimum Gasteiger partial charge on any atom is -0.497 e. The van der Waals surface area contributed by atoms with Crippen molar-refractivity contribution in [3.05, 3.63) is 129 Å². The number of azide groups is 1. The summed E-state index contributed by atoms with van der Waals surface area (Å²) in [6, 6.07) is 24.6. The van der Waals surface area contributed by atoms with Gasteiger partial charge in [0.1, 0.15) is 34.5 Å². The average molecular weight is 802 g/mol. The fourth-order valence-electron chi connectivity index (χ4n) is 6.67. The Bertz CT molecular complexity index is 2090. The molecule has 1 aliphatic rings. The predicted octanol–water partition coefficient (Wildman–Crippen LogP) is 6.65. The molecule has 0 unspecified atom stereocenters. The van der Waals surface area contributed by atoms with Crippen LogP contribution in [0, 0.1) is 5.92 Å². The standard InChI is InChI=1S/C41H48FN7O9/c1-25(2)33(46-38(52)58-39(3,4)5)36(50)56-34-32(42)35(57-40(34,55-8)24-44-48-43)49-23-22-31(45-37(49)51)47-41(26-12-10-9-11-13-26,27-14-18-29(53-6)19-15-27)28-16-20-30(54-7)21-17-28/h9-23,25,32-35H,24H2,1-8H3,(H,46,52)(H,45,47,51)/t32-,33+,34+,35-,40+/m1/s1. The summed E-state index contributed by atoms with van der Waals surface area (Å²) >= 11 is 0. The Kier molecular flexibility index (Phi) is 13.3. The van der Waals surface area contributed by atoms with Gasteiger partial charge in [0.15, 0.2) is 18.5 Å². The van der Waals surface area contributed by atoms with E-state index in [2.05, 4.69) is 25.6 Å². The number of carbonyl (C=O) groups is 2. The maximum atomic E-state index is 16.7. The fourth-order valence-corrected chi connectivity index (χ4v) is 6.67. The van der Waals surface area contributed by atoms with E-state index in [9.17, 15) is 19.9 Å². The summed E-state index contributed by atoms with van der Waals surface area (Å²) in [7, 11) is 4.29. The molecule has 0 bridgehead atoms. The fraction of sp³-hybridized carbons (Fsp3) is 0.415. The summed E-state index contributed by atoms with van der Waals surface area (Å²) in [5.41, 5.74) is 8.57. The molecule has 0 saturated carbocycles. The lowest BCUT2D eigenvalue weighted by Gasteiger charge is -2.37. The largest absolute Gasteiger partial charge is 0.497 e. The van der Waals surface area contributed by atoms with Crippen LogP contribution in [0.15, 0.2) is 101 Å². The van der Waals surface area contributed by atoms with Crippen molar-refractivity contribution in [1.82, 2.24) is 14.9 Å². The quantitative estimate of drug-likeness (QED) is 0.0430. The molecule has 2 heterocycles. The summed E-state index contributed by atoms with van der Waals surface area (Å²) in [6.07, 6.45) is -5.50. The van der Waals surface area contributed by atoms with Crippen molar-refractivity contribution in [2.75, 3.05) is 33.2 Å². The number of alkyl carbamates (subject to hydrolysis) is 1. The van der Waals surface area contributed by atoms with Gasteiger partial charge in [-0.25, -0.2) is 18.8 Å². The van der Waals surface area contributed by atoms with Crippen molar-refractivity contribution < 1.29 is 42.4 Å². The second kappa shape index (κ2) is 18.0. The minimum atomic E-state index is -2.26. The third kappa shape index (κ3) is 9.17. The number of rotatable bonds is 15. The molecule has 1 fully saturated rings. The zero-order chi connectivity index (χ0) is 42.3. The lowest BCUT2D eigenvalue weighted by atomic mass is 9.77. The van der Waals surface area contributed by atoms with Gasteiger partial charge >= 0.3 is 17.8 Å². The molecular formula is C41H48FN7O9. The monoisotopic (exact) mass is 801 g/mol. The maximum absolute atomic E-state index is 16.7. The van der Waals surface area contributed by atoms with E-state index >= 15 is 4.39 Å². The highest BCUT2D eigenvalue weighted by Gasteiger charge is 2.60. The Morgan fingerprint density at radius 2 is 1.52 bits per heavy atom. The molecule has 0 radical (unpaired) electrons. The van der Waals surface area contributed by atoms with Crippen molar-refractivity contribution in [3.63, 3.8) is 0 Å². The number of ether oxygens (including phenoxy) is 6. The number of nitrogens with one attached hydrogen (secondary N) is 2. The molecule has 58 heavy (non-hydrogen) atoms. The zero-order valence-electron chi connectivity index (χ0n) is 33.5. The summed E-state index contributed by atoms with van der Waals surface area (Å²) in [4.78, 5) is 47.2. The van der Waals surface area contributed by atoms with Crippen LogP contribution in [0.5, 0.6) is 11.5 Å². The van der Waals surface area contributed by atoms with Gasteiger partial charge in [0.2, 0.25) is 5.79 Å². The van der Waals surface area contributed by atoms with E-state index in [-0.39, 0.29) is 5.82 Å². The molecule has 2 N–H and O–H groups in total. The number of nitrogens with zero attached hydrogens (tertiary/aromatic N) is 5. The smallest absolute Gasteiger partial charge is 0.408 e.